The molecule has 1 saturated heterocycles. The second-order valence-electron chi connectivity index (χ2n) is 15.0. The normalized spacial score (nSPS) is 32.3. The minimum Gasteiger partial charge on any atom is -0.482 e. The minimum atomic E-state index is -0.870. The summed E-state index contributed by atoms with van der Waals surface area (Å²) in [6, 6.07) is 4.32. The van der Waals surface area contributed by atoms with E-state index in [0.717, 1.165) is 56.0 Å². The summed E-state index contributed by atoms with van der Waals surface area (Å²) >= 11 is 0. The first-order valence-corrected chi connectivity index (χ1v) is 16.3. The van der Waals surface area contributed by atoms with Crippen LogP contribution in [0.1, 0.15) is 90.7 Å². The number of ether oxygens (including phenoxy) is 6. The van der Waals surface area contributed by atoms with E-state index >= 15 is 0 Å². The van der Waals surface area contributed by atoms with Crippen molar-refractivity contribution in [3.8, 4) is 11.5 Å². The lowest BCUT2D eigenvalue weighted by Gasteiger charge is -2.64. The molecule has 1 aromatic rings. The molecule has 42 heavy (non-hydrogen) atoms. The third kappa shape index (κ3) is 5.39. The Labute approximate surface area is 252 Å². The van der Waals surface area contributed by atoms with Gasteiger partial charge in [0.25, 0.3) is 0 Å². The van der Waals surface area contributed by atoms with E-state index in [1.54, 1.807) is 7.11 Å². The fourth-order valence-electron chi connectivity index (χ4n) is 8.41. The van der Waals surface area contributed by atoms with Crippen LogP contribution in [0.5, 0.6) is 11.5 Å². The quantitative estimate of drug-likeness (QED) is 0.255. The molecular weight excluding hydrogens is 534 g/mol. The maximum Gasteiger partial charge on any atom is 0.189 e. The first-order valence-electron chi connectivity index (χ1n) is 16.3. The number of hydrogen-bond donors (Lipinski definition) is 1. The van der Waals surface area contributed by atoms with Crippen molar-refractivity contribution in [3.05, 3.63) is 23.3 Å². The predicted molar refractivity (Wildman–Crippen MR) is 160 cm³/mol. The van der Waals surface area contributed by atoms with Crippen molar-refractivity contribution in [1.82, 2.24) is 4.90 Å². The molecule has 5 aliphatic rings. The highest BCUT2D eigenvalue weighted by Gasteiger charge is 2.73. The lowest BCUT2D eigenvalue weighted by Crippen LogP contribution is -2.77. The third-order valence-electron chi connectivity index (χ3n) is 10.7. The molecule has 2 heterocycles. The summed E-state index contributed by atoms with van der Waals surface area (Å²) in [6.07, 6.45) is 7.52. The number of nitrogens with zero attached hydrogens (tertiary/aromatic N) is 1. The van der Waals surface area contributed by atoms with E-state index in [4.69, 9.17) is 28.4 Å². The van der Waals surface area contributed by atoms with Gasteiger partial charge in [-0.2, -0.15) is 0 Å². The number of aliphatic hydroxyl groups is 1. The summed E-state index contributed by atoms with van der Waals surface area (Å²) in [7, 11) is 1.66. The highest BCUT2D eigenvalue weighted by atomic mass is 16.7. The van der Waals surface area contributed by atoms with Crippen molar-refractivity contribution in [3.63, 3.8) is 0 Å². The van der Waals surface area contributed by atoms with Gasteiger partial charge in [-0.15, -0.1) is 0 Å². The van der Waals surface area contributed by atoms with Gasteiger partial charge in [-0.3, -0.25) is 4.90 Å². The SMILES string of the molecule is COCCOCOc1ccc2c3c1OC1C(OC(C)(C)CCOC(C)(C)C)CCC4(O)C(C2)N(CC2CCC2)CCC314. The van der Waals surface area contributed by atoms with Crippen LogP contribution in [0, 0.1) is 5.92 Å². The van der Waals surface area contributed by atoms with Crippen LogP contribution in [0.3, 0.4) is 0 Å². The largest absolute Gasteiger partial charge is 0.482 e. The summed E-state index contributed by atoms with van der Waals surface area (Å²) in [5, 5.41) is 12.9. The van der Waals surface area contributed by atoms with Gasteiger partial charge in [0.2, 0.25) is 0 Å². The van der Waals surface area contributed by atoms with Crippen LogP contribution in [0.2, 0.25) is 0 Å². The van der Waals surface area contributed by atoms with E-state index in [9.17, 15) is 5.11 Å². The smallest absolute Gasteiger partial charge is 0.189 e. The average molecular weight is 588 g/mol. The van der Waals surface area contributed by atoms with Crippen LogP contribution in [-0.4, -0.2) is 91.9 Å². The van der Waals surface area contributed by atoms with Crippen molar-refractivity contribution < 1.29 is 33.5 Å². The standard InChI is InChI=1S/C34H53NO7/c1-31(2,3)40-17-15-32(4,5)42-26-12-13-34(36)27-20-24-10-11-25(39-22-38-19-18-37-6)29-28(24)33(34,30(26)41-29)14-16-35(27)21-23-8-7-9-23/h10-11,23,26-27,30,36H,7-9,12-22H2,1-6H3. The molecule has 5 unspecified atom stereocenters. The highest BCUT2D eigenvalue weighted by molar-refractivity contribution is 5.63. The lowest BCUT2D eigenvalue weighted by atomic mass is 9.48. The first kappa shape index (κ1) is 30.6. The van der Waals surface area contributed by atoms with Crippen molar-refractivity contribution in [2.24, 2.45) is 5.92 Å². The zero-order valence-electron chi connectivity index (χ0n) is 26.7. The molecule has 6 rings (SSSR count). The third-order valence-corrected chi connectivity index (χ3v) is 10.7. The van der Waals surface area contributed by atoms with Crippen LogP contribution in [0.25, 0.3) is 0 Å². The van der Waals surface area contributed by atoms with Gasteiger partial charge in [0.1, 0.15) is 6.10 Å². The highest BCUT2D eigenvalue weighted by Crippen LogP contribution is 2.66. The zero-order valence-corrected chi connectivity index (χ0v) is 26.7. The lowest BCUT2D eigenvalue weighted by molar-refractivity contribution is -0.233. The predicted octanol–water partition coefficient (Wildman–Crippen LogP) is 5.01. The van der Waals surface area contributed by atoms with E-state index in [2.05, 4.69) is 45.6 Å². The second kappa shape index (κ2) is 11.5. The van der Waals surface area contributed by atoms with E-state index in [1.807, 2.05) is 6.07 Å². The number of piperidine rings is 1. The molecule has 0 radical (unpaired) electrons. The maximum absolute atomic E-state index is 12.9. The second-order valence-corrected chi connectivity index (χ2v) is 15.0. The Balaban J connectivity index is 1.30. The van der Waals surface area contributed by atoms with Gasteiger partial charge in [-0.25, -0.2) is 0 Å². The number of benzene rings is 1. The summed E-state index contributed by atoms with van der Waals surface area (Å²) in [4.78, 5) is 2.62. The van der Waals surface area contributed by atoms with Crippen LogP contribution in [-0.2, 0) is 30.8 Å². The van der Waals surface area contributed by atoms with Gasteiger partial charge >= 0.3 is 0 Å². The summed E-state index contributed by atoms with van der Waals surface area (Å²) in [6.45, 7) is 14.4. The number of hydrogen-bond acceptors (Lipinski definition) is 8. The van der Waals surface area contributed by atoms with E-state index in [0.29, 0.717) is 32.0 Å². The van der Waals surface area contributed by atoms with Gasteiger partial charge in [-0.05, 0) is 104 Å². The fraction of sp³-hybridized carbons (Fsp3) is 0.824. The monoisotopic (exact) mass is 587 g/mol. The Morgan fingerprint density at radius 2 is 1.86 bits per heavy atom. The topological polar surface area (TPSA) is 78.9 Å². The minimum absolute atomic E-state index is 0.0923. The molecule has 0 aromatic heterocycles. The molecule has 8 heteroatoms. The van der Waals surface area contributed by atoms with Crippen LogP contribution >= 0.6 is 0 Å². The van der Waals surface area contributed by atoms with Crippen LogP contribution in [0.15, 0.2) is 12.1 Å². The molecule has 3 fully saturated rings. The molecule has 236 valence electrons. The molecule has 5 atom stereocenters. The molecule has 2 aliphatic heterocycles. The zero-order chi connectivity index (χ0) is 29.8. The number of likely N-dealkylation sites (tertiary alicyclic amines) is 1. The van der Waals surface area contributed by atoms with E-state index in [1.165, 1.54) is 24.8 Å². The van der Waals surface area contributed by atoms with Crippen molar-refractivity contribution in [2.75, 3.05) is 46.8 Å². The maximum atomic E-state index is 12.9. The Kier molecular flexibility index (Phi) is 8.38. The molecule has 1 aromatic carbocycles. The number of rotatable bonds is 13. The van der Waals surface area contributed by atoms with E-state index < -0.39 is 16.6 Å². The van der Waals surface area contributed by atoms with Crippen LogP contribution in [0.4, 0.5) is 0 Å². The fourth-order valence-corrected chi connectivity index (χ4v) is 8.41. The molecule has 3 aliphatic carbocycles. The van der Waals surface area contributed by atoms with Crippen molar-refractivity contribution in [1.29, 1.82) is 0 Å². The Hall–Kier alpha value is -1.42. The molecule has 0 amide bonds. The molecule has 8 nitrogen and oxygen atoms in total. The van der Waals surface area contributed by atoms with Gasteiger partial charge in [0, 0.05) is 31.9 Å². The summed E-state index contributed by atoms with van der Waals surface area (Å²) in [5.41, 5.74) is 0.477. The molecule has 2 saturated carbocycles. The van der Waals surface area contributed by atoms with Gasteiger partial charge < -0.3 is 33.5 Å². The molecule has 2 bridgehead atoms. The Bertz CT molecular complexity index is 1110. The van der Waals surface area contributed by atoms with Crippen LogP contribution < -0.4 is 9.47 Å². The summed E-state index contributed by atoms with van der Waals surface area (Å²) in [5.74, 6) is 2.23. The summed E-state index contributed by atoms with van der Waals surface area (Å²) < 4.78 is 36.9. The number of methoxy groups -OCH3 is 1. The van der Waals surface area contributed by atoms with Gasteiger partial charge in [0.05, 0.1) is 41.5 Å². The van der Waals surface area contributed by atoms with Gasteiger partial charge in [0.15, 0.2) is 18.3 Å². The van der Waals surface area contributed by atoms with Crippen molar-refractivity contribution >= 4 is 0 Å². The van der Waals surface area contributed by atoms with Gasteiger partial charge in [-0.1, -0.05) is 12.5 Å². The molecular formula is C34H53NO7. The Morgan fingerprint density at radius 3 is 2.57 bits per heavy atom. The van der Waals surface area contributed by atoms with E-state index in [-0.39, 0.29) is 30.6 Å². The average Bonchev–Trinajstić information content (AvgIpc) is 3.24. The molecule has 1 N–H and O–H groups in total. The first-order chi connectivity index (χ1) is 20.0. The Morgan fingerprint density at radius 1 is 1.05 bits per heavy atom. The van der Waals surface area contributed by atoms with Crippen molar-refractivity contribution in [2.45, 2.75) is 126 Å². The molecule has 1 spiro atoms.